The highest BCUT2D eigenvalue weighted by atomic mass is 16.2. The first-order valence-corrected chi connectivity index (χ1v) is 7.98. The number of aromatic nitrogens is 2. The van der Waals surface area contributed by atoms with E-state index >= 15 is 0 Å². The van der Waals surface area contributed by atoms with E-state index in [0.717, 1.165) is 43.6 Å². The van der Waals surface area contributed by atoms with Gasteiger partial charge in [-0.2, -0.15) is 0 Å². The number of hydrogen-bond acceptors (Lipinski definition) is 3. The van der Waals surface area contributed by atoms with E-state index in [1.807, 2.05) is 11.1 Å². The quantitative estimate of drug-likeness (QED) is 0.763. The summed E-state index contributed by atoms with van der Waals surface area (Å²) in [6.45, 7) is 11.3. The minimum atomic E-state index is -0.0144. The van der Waals surface area contributed by atoms with Crippen molar-refractivity contribution in [1.29, 1.82) is 0 Å². The molecule has 0 radical (unpaired) electrons. The molecule has 1 amide bonds. The van der Waals surface area contributed by atoms with Crippen LogP contribution in [0.25, 0.3) is 0 Å². The Bertz CT molecular complexity index is 452. The zero-order valence-electron chi connectivity index (χ0n) is 14.1. The van der Waals surface area contributed by atoms with Crippen molar-refractivity contribution in [3.63, 3.8) is 0 Å². The van der Waals surface area contributed by atoms with E-state index in [1.54, 1.807) is 0 Å². The van der Waals surface area contributed by atoms with Crippen LogP contribution >= 0.6 is 0 Å². The SMILES string of the molecule is CCCCN(C(=O)CC(C)(C)C)c1ncncc1CCC. The van der Waals surface area contributed by atoms with Gasteiger partial charge in [0.1, 0.15) is 12.1 Å². The largest absolute Gasteiger partial charge is 0.296 e. The van der Waals surface area contributed by atoms with Gasteiger partial charge in [-0.1, -0.05) is 47.5 Å². The van der Waals surface area contributed by atoms with Crippen molar-refractivity contribution >= 4 is 11.7 Å². The predicted molar refractivity (Wildman–Crippen MR) is 87.4 cm³/mol. The molecule has 0 aliphatic carbocycles. The number of amides is 1. The number of carbonyl (C=O) groups excluding carboxylic acids is 1. The Balaban J connectivity index is 3.04. The Labute approximate surface area is 129 Å². The highest BCUT2D eigenvalue weighted by Gasteiger charge is 2.24. The fourth-order valence-electron chi connectivity index (χ4n) is 2.25. The summed E-state index contributed by atoms with van der Waals surface area (Å²) in [6, 6.07) is 0. The molecule has 0 spiro atoms. The number of anilines is 1. The zero-order chi connectivity index (χ0) is 15.9. The van der Waals surface area contributed by atoms with E-state index in [-0.39, 0.29) is 11.3 Å². The summed E-state index contributed by atoms with van der Waals surface area (Å²) in [5.41, 5.74) is 1.05. The summed E-state index contributed by atoms with van der Waals surface area (Å²) in [7, 11) is 0. The van der Waals surface area contributed by atoms with Gasteiger partial charge in [-0.25, -0.2) is 9.97 Å². The van der Waals surface area contributed by atoms with Crippen molar-refractivity contribution in [1.82, 2.24) is 9.97 Å². The number of hydrogen-bond donors (Lipinski definition) is 0. The minimum absolute atomic E-state index is 0.0144. The topological polar surface area (TPSA) is 46.1 Å². The first-order chi connectivity index (χ1) is 9.89. The third-order valence-electron chi connectivity index (χ3n) is 3.26. The average Bonchev–Trinajstić information content (AvgIpc) is 2.39. The van der Waals surface area contributed by atoms with Crippen LogP contribution in [0.2, 0.25) is 0 Å². The lowest BCUT2D eigenvalue weighted by atomic mass is 9.91. The molecule has 4 heteroatoms. The summed E-state index contributed by atoms with van der Waals surface area (Å²) in [5, 5.41) is 0. The maximum atomic E-state index is 12.7. The highest BCUT2D eigenvalue weighted by molar-refractivity contribution is 5.93. The Kier molecular flexibility index (Phi) is 6.79. The summed E-state index contributed by atoms with van der Waals surface area (Å²) >= 11 is 0. The molecule has 1 aromatic heterocycles. The number of unbranched alkanes of at least 4 members (excludes halogenated alkanes) is 1. The molecule has 21 heavy (non-hydrogen) atoms. The standard InChI is InChI=1S/C17H29N3O/c1-6-8-10-20(15(21)11-17(3,4)5)16-14(9-7-2)12-18-13-19-16/h12-13H,6-11H2,1-5H3. The van der Waals surface area contributed by atoms with Crippen molar-refractivity contribution in [2.24, 2.45) is 5.41 Å². The molecule has 0 unspecified atom stereocenters. The highest BCUT2D eigenvalue weighted by Crippen LogP contribution is 2.24. The van der Waals surface area contributed by atoms with Crippen LogP contribution in [0.4, 0.5) is 5.82 Å². The van der Waals surface area contributed by atoms with Gasteiger partial charge in [0.05, 0.1) is 0 Å². The summed E-state index contributed by atoms with van der Waals surface area (Å²) in [5.74, 6) is 0.960. The van der Waals surface area contributed by atoms with Crippen molar-refractivity contribution in [2.75, 3.05) is 11.4 Å². The Morgan fingerprint density at radius 2 is 1.95 bits per heavy atom. The van der Waals surface area contributed by atoms with Gasteiger partial charge in [0.15, 0.2) is 0 Å². The normalized spacial score (nSPS) is 11.5. The van der Waals surface area contributed by atoms with Crippen molar-refractivity contribution < 1.29 is 4.79 Å². The van der Waals surface area contributed by atoms with Gasteiger partial charge in [-0.3, -0.25) is 9.69 Å². The van der Waals surface area contributed by atoms with Gasteiger partial charge in [0.2, 0.25) is 5.91 Å². The van der Waals surface area contributed by atoms with Gasteiger partial charge in [0, 0.05) is 24.7 Å². The molecule has 1 aromatic rings. The Morgan fingerprint density at radius 3 is 2.52 bits per heavy atom. The summed E-state index contributed by atoms with van der Waals surface area (Å²) in [6.07, 6.45) is 7.90. The molecule has 118 valence electrons. The second-order valence-corrected chi connectivity index (χ2v) is 6.76. The first-order valence-electron chi connectivity index (χ1n) is 7.98. The zero-order valence-corrected chi connectivity index (χ0v) is 14.1. The van der Waals surface area contributed by atoms with Crippen LogP contribution in [-0.4, -0.2) is 22.4 Å². The number of rotatable bonds is 7. The Hall–Kier alpha value is -1.45. The van der Waals surface area contributed by atoms with E-state index < -0.39 is 0 Å². The lowest BCUT2D eigenvalue weighted by molar-refractivity contribution is -0.120. The molecule has 4 nitrogen and oxygen atoms in total. The molecule has 0 N–H and O–H groups in total. The maximum absolute atomic E-state index is 12.7. The monoisotopic (exact) mass is 291 g/mol. The van der Waals surface area contributed by atoms with Crippen molar-refractivity contribution in [3.8, 4) is 0 Å². The number of aryl methyl sites for hydroxylation is 1. The molecule has 0 saturated carbocycles. The van der Waals surface area contributed by atoms with Gasteiger partial charge in [-0.05, 0) is 18.3 Å². The fourth-order valence-corrected chi connectivity index (χ4v) is 2.25. The lowest BCUT2D eigenvalue weighted by Crippen LogP contribution is -2.35. The van der Waals surface area contributed by atoms with Crippen LogP contribution in [0.5, 0.6) is 0 Å². The molecule has 0 aliphatic heterocycles. The lowest BCUT2D eigenvalue weighted by Gasteiger charge is -2.27. The van der Waals surface area contributed by atoms with E-state index in [1.165, 1.54) is 6.33 Å². The smallest absolute Gasteiger partial charge is 0.228 e. The van der Waals surface area contributed by atoms with E-state index in [0.29, 0.717) is 6.42 Å². The predicted octanol–water partition coefficient (Wildman–Crippen LogP) is 4.00. The number of nitrogens with zero attached hydrogens (tertiary/aromatic N) is 3. The first kappa shape index (κ1) is 17.6. The molecule has 0 saturated heterocycles. The molecule has 1 rings (SSSR count). The summed E-state index contributed by atoms with van der Waals surface area (Å²) in [4.78, 5) is 23.1. The Morgan fingerprint density at radius 1 is 1.24 bits per heavy atom. The van der Waals surface area contributed by atoms with Crippen molar-refractivity contribution in [3.05, 3.63) is 18.1 Å². The third-order valence-corrected chi connectivity index (χ3v) is 3.26. The van der Waals surface area contributed by atoms with Crippen LogP contribution in [0.15, 0.2) is 12.5 Å². The molecule has 0 fully saturated rings. The molecule has 0 atom stereocenters. The van der Waals surface area contributed by atoms with E-state index in [9.17, 15) is 4.79 Å². The van der Waals surface area contributed by atoms with E-state index in [4.69, 9.17) is 0 Å². The van der Waals surface area contributed by atoms with Crippen LogP contribution < -0.4 is 4.90 Å². The van der Waals surface area contributed by atoms with Gasteiger partial charge in [0.25, 0.3) is 0 Å². The minimum Gasteiger partial charge on any atom is -0.296 e. The molecule has 0 bridgehead atoms. The maximum Gasteiger partial charge on any atom is 0.228 e. The van der Waals surface area contributed by atoms with Crippen LogP contribution in [0, 0.1) is 5.41 Å². The van der Waals surface area contributed by atoms with Gasteiger partial charge >= 0.3 is 0 Å². The van der Waals surface area contributed by atoms with Gasteiger partial charge < -0.3 is 0 Å². The van der Waals surface area contributed by atoms with Crippen LogP contribution in [-0.2, 0) is 11.2 Å². The number of carbonyl (C=O) groups is 1. The second kappa shape index (κ2) is 8.11. The third kappa shape index (κ3) is 5.82. The molecular formula is C17H29N3O. The molecule has 0 aromatic carbocycles. The molecular weight excluding hydrogens is 262 g/mol. The fraction of sp³-hybridized carbons (Fsp3) is 0.706. The molecule has 1 heterocycles. The average molecular weight is 291 g/mol. The van der Waals surface area contributed by atoms with Crippen LogP contribution in [0.1, 0.15) is 65.9 Å². The molecule has 0 aliphatic rings. The second-order valence-electron chi connectivity index (χ2n) is 6.76. The van der Waals surface area contributed by atoms with Crippen molar-refractivity contribution in [2.45, 2.75) is 66.7 Å². The van der Waals surface area contributed by atoms with Crippen LogP contribution in [0.3, 0.4) is 0 Å². The summed E-state index contributed by atoms with van der Waals surface area (Å²) < 4.78 is 0. The van der Waals surface area contributed by atoms with Gasteiger partial charge in [-0.15, -0.1) is 0 Å². The van der Waals surface area contributed by atoms with E-state index in [2.05, 4.69) is 44.6 Å².